The first kappa shape index (κ1) is 11.5. The maximum atomic E-state index is 4.25. The van der Waals surface area contributed by atoms with Crippen molar-refractivity contribution < 1.29 is 0 Å². The highest BCUT2D eigenvalue weighted by Gasteiger charge is 2.18. The normalized spacial score (nSPS) is 25.7. The van der Waals surface area contributed by atoms with Gasteiger partial charge in [0, 0.05) is 13.6 Å². The van der Waals surface area contributed by atoms with Crippen LogP contribution in [0, 0.1) is 18.8 Å². The smallest absolute Gasteiger partial charge is 0.0756 e. The van der Waals surface area contributed by atoms with Gasteiger partial charge in [-0.3, -0.25) is 4.68 Å². The molecule has 1 heterocycles. The van der Waals surface area contributed by atoms with Gasteiger partial charge in [0.25, 0.3) is 0 Å². The van der Waals surface area contributed by atoms with Gasteiger partial charge in [0.05, 0.1) is 17.6 Å². The molecule has 0 atom stereocenters. The number of rotatable bonds is 3. The van der Waals surface area contributed by atoms with Crippen LogP contribution in [-0.2, 0) is 7.05 Å². The fourth-order valence-corrected chi connectivity index (χ4v) is 2.46. The number of hydrogen-bond donors (Lipinski definition) is 1. The third-order valence-corrected chi connectivity index (χ3v) is 3.95. The van der Waals surface area contributed by atoms with E-state index in [0.717, 1.165) is 18.4 Å². The highest BCUT2D eigenvalue weighted by Crippen LogP contribution is 2.28. The number of aromatic nitrogens is 2. The second-order valence-corrected chi connectivity index (χ2v) is 5.27. The van der Waals surface area contributed by atoms with Crippen molar-refractivity contribution in [3.8, 4) is 0 Å². The van der Waals surface area contributed by atoms with Crippen molar-refractivity contribution >= 4 is 5.69 Å². The lowest BCUT2D eigenvalue weighted by Gasteiger charge is -2.26. The summed E-state index contributed by atoms with van der Waals surface area (Å²) < 4.78 is 1.92. The predicted molar refractivity (Wildman–Crippen MR) is 67.6 cm³/mol. The summed E-state index contributed by atoms with van der Waals surface area (Å²) in [7, 11) is 1.99. The Kier molecular flexibility index (Phi) is 3.52. The van der Waals surface area contributed by atoms with Crippen LogP contribution in [0.15, 0.2) is 6.20 Å². The van der Waals surface area contributed by atoms with Crippen LogP contribution in [0.3, 0.4) is 0 Å². The molecule has 0 amide bonds. The Balaban J connectivity index is 1.81. The first-order valence-corrected chi connectivity index (χ1v) is 6.39. The van der Waals surface area contributed by atoms with E-state index in [9.17, 15) is 0 Å². The average Bonchev–Trinajstić information content (AvgIpc) is 2.60. The Morgan fingerprint density at radius 3 is 2.62 bits per heavy atom. The van der Waals surface area contributed by atoms with E-state index in [-0.39, 0.29) is 0 Å². The highest BCUT2D eigenvalue weighted by atomic mass is 15.3. The molecule has 90 valence electrons. The fraction of sp³-hybridized carbons (Fsp3) is 0.769. The molecule has 1 aromatic rings. The van der Waals surface area contributed by atoms with E-state index in [2.05, 4.69) is 24.3 Å². The number of hydrogen-bond acceptors (Lipinski definition) is 2. The van der Waals surface area contributed by atoms with Gasteiger partial charge in [-0.2, -0.15) is 5.10 Å². The van der Waals surface area contributed by atoms with E-state index in [1.54, 1.807) is 0 Å². The SMILES string of the molecule is Cc1c(NCC2CCC(C)CC2)cnn1C. The lowest BCUT2D eigenvalue weighted by atomic mass is 9.83. The van der Waals surface area contributed by atoms with E-state index >= 15 is 0 Å². The Bertz CT molecular complexity index is 335. The summed E-state index contributed by atoms with van der Waals surface area (Å²) in [6.45, 7) is 5.59. The van der Waals surface area contributed by atoms with Gasteiger partial charge in [-0.1, -0.05) is 19.8 Å². The molecule has 0 spiro atoms. The zero-order valence-corrected chi connectivity index (χ0v) is 10.7. The number of aryl methyl sites for hydroxylation is 1. The lowest BCUT2D eigenvalue weighted by Crippen LogP contribution is -2.20. The number of nitrogens with zero attached hydrogens (tertiary/aromatic N) is 2. The molecule has 3 nitrogen and oxygen atoms in total. The second-order valence-electron chi connectivity index (χ2n) is 5.27. The average molecular weight is 221 g/mol. The quantitative estimate of drug-likeness (QED) is 0.850. The summed E-state index contributed by atoms with van der Waals surface area (Å²) in [4.78, 5) is 0. The molecule has 1 aliphatic carbocycles. The molecule has 16 heavy (non-hydrogen) atoms. The lowest BCUT2D eigenvalue weighted by molar-refractivity contribution is 0.300. The molecule has 0 aromatic carbocycles. The van der Waals surface area contributed by atoms with E-state index < -0.39 is 0 Å². The van der Waals surface area contributed by atoms with Crippen LogP contribution in [-0.4, -0.2) is 16.3 Å². The molecular formula is C13H23N3. The molecule has 1 fully saturated rings. The summed E-state index contributed by atoms with van der Waals surface area (Å²) in [5.74, 6) is 1.80. The first-order chi connectivity index (χ1) is 7.66. The molecule has 0 saturated heterocycles. The van der Waals surface area contributed by atoms with Crippen molar-refractivity contribution in [2.75, 3.05) is 11.9 Å². The Hall–Kier alpha value is -0.990. The zero-order valence-electron chi connectivity index (χ0n) is 10.7. The maximum absolute atomic E-state index is 4.25. The predicted octanol–water partition coefficient (Wildman–Crippen LogP) is 2.97. The number of anilines is 1. The third-order valence-electron chi connectivity index (χ3n) is 3.95. The van der Waals surface area contributed by atoms with E-state index in [1.165, 1.54) is 37.1 Å². The Labute approximate surface area is 98.2 Å². The molecule has 0 radical (unpaired) electrons. The third kappa shape index (κ3) is 2.57. The molecule has 0 unspecified atom stereocenters. The molecule has 1 aromatic heterocycles. The Morgan fingerprint density at radius 1 is 1.38 bits per heavy atom. The number of nitrogens with one attached hydrogen (secondary N) is 1. The Morgan fingerprint density at radius 2 is 2.06 bits per heavy atom. The van der Waals surface area contributed by atoms with E-state index in [0.29, 0.717) is 0 Å². The minimum Gasteiger partial charge on any atom is -0.382 e. The van der Waals surface area contributed by atoms with Gasteiger partial charge in [-0.05, 0) is 31.6 Å². The molecule has 1 aliphatic rings. The van der Waals surface area contributed by atoms with E-state index in [4.69, 9.17) is 0 Å². The minimum absolute atomic E-state index is 0.857. The molecule has 2 rings (SSSR count). The van der Waals surface area contributed by atoms with Crippen molar-refractivity contribution in [2.24, 2.45) is 18.9 Å². The van der Waals surface area contributed by atoms with Gasteiger partial charge in [-0.15, -0.1) is 0 Å². The summed E-state index contributed by atoms with van der Waals surface area (Å²) in [5, 5.41) is 7.78. The largest absolute Gasteiger partial charge is 0.382 e. The van der Waals surface area contributed by atoms with Gasteiger partial charge in [0.15, 0.2) is 0 Å². The van der Waals surface area contributed by atoms with Crippen LogP contribution in [0.2, 0.25) is 0 Å². The second kappa shape index (κ2) is 4.89. The van der Waals surface area contributed by atoms with Crippen molar-refractivity contribution in [1.29, 1.82) is 0 Å². The van der Waals surface area contributed by atoms with Crippen molar-refractivity contribution in [1.82, 2.24) is 9.78 Å². The monoisotopic (exact) mass is 221 g/mol. The molecular weight excluding hydrogens is 198 g/mol. The molecule has 1 N–H and O–H groups in total. The molecule has 3 heteroatoms. The van der Waals surface area contributed by atoms with Crippen molar-refractivity contribution in [3.05, 3.63) is 11.9 Å². The molecule has 0 aliphatic heterocycles. The fourth-order valence-electron chi connectivity index (χ4n) is 2.46. The van der Waals surface area contributed by atoms with Crippen LogP contribution in [0.1, 0.15) is 38.3 Å². The van der Waals surface area contributed by atoms with Crippen LogP contribution in [0.4, 0.5) is 5.69 Å². The zero-order chi connectivity index (χ0) is 11.5. The van der Waals surface area contributed by atoms with E-state index in [1.807, 2.05) is 17.9 Å². The van der Waals surface area contributed by atoms with Crippen molar-refractivity contribution in [3.63, 3.8) is 0 Å². The summed E-state index contributed by atoms with van der Waals surface area (Å²) >= 11 is 0. The first-order valence-electron chi connectivity index (χ1n) is 6.39. The maximum Gasteiger partial charge on any atom is 0.0756 e. The van der Waals surface area contributed by atoms with Gasteiger partial charge in [0.1, 0.15) is 0 Å². The van der Waals surface area contributed by atoms with Gasteiger partial charge >= 0.3 is 0 Å². The van der Waals surface area contributed by atoms with Gasteiger partial charge in [0.2, 0.25) is 0 Å². The molecule has 0 bridgehead atoms. The van der Waals surface area contributed by atoms with Gasteiger partial charge in [-0.25, -0.2) is 0 Å². The minimum atomic E-state index is 0.857. The summed E-state index contributed by atoms with van der Waals surface area (Å²) in [6.07, 6.45) is 7.50. The van der Waals surface area contributed by atoms with Crippen LogP contribution >= 0.6 is 0 Å². The highest BCUT2D eigenvalue weighted by molar-refractivity contribution is 5.45. The van der Waals surface area contributed by atoms with Crippen LogP contribution < -0.4 is 5.32 Å². The summed E-state index contributed by atoms with van der Waals surface area (Å²) in [5.41, 5.74) is 2.42. The molecule has 1 saturated carbocycles. The van der Waals surface area contributed by atoms with Crippen LogP contribution in [0.5, 0.6) is 0 Å². The summed E-state index contributed by atoms with van der Waals surface area (Å²) in [6, 6.07) is 0. The van der Waals surface area contributed by atoms with Crippen LogP contribution in [0.25, 0.3) is 0 Å². The topological polar surface area (TPSA) is 29.9 Å². The van der Waals surface area contributed by atoms with Gasteiger partial charge < -0.3 is 5.32 Å². The van der Waals surface area contributed by atoms with Crippen molar-refractivity contribution in [2.45, 2.75) is 39.5 Å². The standard InChI is InChI=1S/C13H23N3/c1-10-4-6-12(7-5-10)8-14-13-9-15-16(3)11(13)2/h9-10,12,14H,4-8H2,1-3H3.